The number of fused-ring (bicyclic) bond motifs is 1. The highest BCUT2D eigenvalue weighted by Crippen LogP contribution is 2.55. The lowest BCUT2D eigenvalue weighted by atomic mass is 9.53. The van der Waals surface area contributed by atoms with Crippen molar-refractivity contribution in [1.82, 2.24) is 10.3 Å². The molecular weight excluding hydrogens is 404 g/mol. The number of amides is 1. The van der Waals surface area contributed by atoms with Gasteiger partial charge in [-0.2, -0.15) is 0 Å². The van der Waals surface area contributed by atoms with Crippen LogP contribution in [-0.2, 0) is 9.53 Å². The van der Waals surface area contributed by atoms with Crippen LogP contribution in [0.5, 0.6) is 0 Å². The number of furan rings is 1. The minimum atomic E-state index is -0.530. The van der Waals surface area contributed by atoms with Gasteiger partial charge in [-0.25, -0.2) is 9.78 Å². The van der Waals surface area contributed by atoms with E-state index in [-0.39, 0.29) is 18.1 Å². The molecule has 4 aliphatic carbocycles. The van der Waals surface area contributed by atoms with E-state index in [0.717, 1.165) is 37.0 Å². The molecule has 0 aliphatic heterocycles. The Hall–Kier alpha value is -3.15. The number of rotatable bonds is 5. The Kier molecular flexibility index (Phi) is 4.56. The van der Waals surface area contributed by atoms with Crippen LogP contribution >= 0.6 is 0 Å². The molecule has 32 heavy (non-hydrogen) atoms. The number of esters is 1. The van der Waals surface area contributed by atoms with Crippen molar-refractivity contribution in [2.45, 2.75) is 44.1 Å². The van der Waals surface area contributed by atoms with Crippen molar-refractivity contribution in [3.8, 4) is 11.5 Å². The lowest BCUT2D eigenvalue weighted by Gasteiger charge is -2.56. The summed E-state index contributed by atoms with van der Waals surface area (Å²) >= 11 is 0. The zero-order valence-electron chi connectivity index (χ0n) is 17.9. The molecule has 1 aromatic carbocycles. The number of aromatic nitrogens is 1. The predicted octanol–water partition coefficient (Wildman–Crippen LogP) is 4.74. The first kappa shape index (κ1) is 19.5. The van der Waals surface area contributed by atoms with E-state index in [1.54, 1.807) is 24.5 Å². The minimum absolute atomic E-state index is 0.0892. The Bertz CT molecular complexity index is 1150. The Labute approximate surface area is 186 Å². The summed E-state index contributed by atoms with van der Waals surface area (Å²) in [5.74, 6) is 2.07. The summed E-state index contributed by atoms with van der Waals surface area (Å²) in [6.07, 6.45) is 8.73. The van der Waals surface area contributed by atoms with Gasteiger partial charge in [0.15, 0.2) is 12.4 Å². The van der Waals surface area contributed by atoms with Gasteiger partial charge >= 0.3 is 5.97 Å². The Morgan fingerprint density at radius 1 is 1.03 bits per heavy atom. The summed E-state index contributed by atoms with van der Waals surface area (Å²) in [5, 5.41) is 3.95. The highest BCUT2D eigenvalue weighted by Gasteiger charge is 2.51. The SMILES string of the molecule is O=C(COC(=O)c1cc(-c2ccco2)nc2ccccc12)NC12CC3CC(CC(C3)C1)C2. The molecule has 2 heterocycles. The second kappa shape index (κ2) is 7.47. The summed E-state index contributed by atoms with van der Waals surface area (Å²) in [6.45, 7) is -0.271. The number of benzene rings is 1. The molecule has 4 aliphatic rings. The summed E-state index contributed by atoms with van der Waals surface area (Å²) in [6, 6.07) is 12.6. The van der Waals surface area contributed by atoms with E-state index in [1.165, 1.54) is 19.3 Å². The van der Waals surface area contributed by atoms with Gasteiger partial charge in [0.2, 0.25) is 0 Å². The first-order valence-corrected chi connectivity index (χ1v) is 11.5. The Morgan fingerprint density at radius 2 is 1.75 bits per heavy atom. The van der Waals surface area contributed by atoms with Crippen LogP contribution in [0.25, 0.3) is 22.4 Å². The predicted molar refractivity (Wildman–Crippen MR) is 119 cm³/mol. The van der Waals surface area contributed by atoms with Crippen LogP contribution in [0.2, 0.25) is 0 Å². The van der Waals surface area contributed by atoms with Crippen molar-refractivity contribution in [2.75, 3.05) is 6.61 Å². The van der Waals surface area contributed by atoms with Gasteiger partial charge in [-0.05, 0) is 80.5 Å². The molecule has 0 atom stereocenters. The van der Waals surface area contributed by atoms with E-state index >= 15 is 0 Å². The standard InChI is InChI=1S/C26H26N2O4/c29-24(28-26-12-16-8-17(13-26)10-18(9-16)14-26)15-32-25(30)20-11-22(23-6-3-7-31-23)27-21-5-2-1-4-19(20)21/h1-7,11,16-18H,8-10,12-15H2,(H,28,29). The van der Waals surface area contributed by atoms with Gasteiger partial charge in [0.1, 0.15) is 5.69 Å². The van der Waals surface area contributed by atoms with Crippen molar-refractivity contribution in [3.63, 3.8) is 0 Å². The van der Waals surface area contributed by atoms with Crippen molar-refractivity contribution >= 4 is 22.8 Å². The lowest BCUT2D eigenvalue weighted by Crippen LogP contribution is -2.60. The molecule has 0 saturated heterocycles. The largest absolute Gasteiger partial charge is 0.463 e. The first-order chi connectivity index (χ1) is 15.6. The van der Waals surface area contributed by atoms with Crippen LogP contribution in [0.15, 0.2) is 53.1 Å². The van der Waals surface area contributed by atoms with Gasteiger partial charge in [-0.1, -0.05) is 18.2 Å². The number of pyridine rings is 1. The molecule has 1 N–H and O–H groups in total. The van der Waals surface area contributed by atoms with Gasteiger partial charge in [-0.15, -0.1) is 0 Å². The fourth-order valence-corrected chi connectivity index (χ4v) is 6.70. The van der Waals surface area contributed by atoms with Crippen LogP contribution in [0.1, 0.15) is 48.9 Å². The number of nitrogens with one attached hydrogen (secondary N) is 1. The topological polar surface area (TPSA) is 81.4 Å². The van der Waals surface area contributed by atoms with Crippen molar-refractivity contribution in [1.29, 1.82) is 0 Å². The molecule has 0 radical (unpaired) electrons. The average molecular weight is 431 g/mol. The van der Waals surface area contributed by atoms with E-state index < -0.39 is 5.97 Å². The molecule has 7 rings (SSSR count). The number of hydrogen-bond acceptors (Lipinski definition) is 5. The van der Waals surface area contributed by atoms with Crippen molar-refractivity contribution < 1.29 is 18.7 Å². The number of carbonyl (C=O) groups excluding carboxylic acids is 2. The maximum atomic E-state index is 13.0. The third-order valence-corrected chi connectivity index (χ3v) is 7.49. The maximum Gasteiger partial charge on any atom is 0.339 e. The molecule has 4 bridgehead atoms. The van der Waals surface area contributed by atoms with Crippen molar-refractivity contribution in [2.24, 2.45) is 17.8 Å². The number of nitrogens with zero attached hydrogens (tertiary/aromatic N) is 1. The summed E-state index contributed by atoms with van der Waals surface area (Å²) in [5.41, 5.74) is 1.52. The van der Waals surface area contributed by atoms with Crippen LogP contribution in [0.4, 0.5) is 0 Å². The van der Waals surface area contributed by atoms with Crippen molar-refractivity contribution in [3.05, 3.63) is 54.3 Å². The monoisotopic (exact) mass is 430 g/mol. The zero-order chi connectivity index (χ0) is 21.7. The van der Waals surface area contributed by atoms with E-state index in [1.807, 2.05) is 24.3 Å². The lowest BCUT2D eigenvalue weighted by molar-refractivity contribution is -0.130. The Balaban J connectivity index is 1.18. The van der Waals surface area contributed by atoms with Crippen LogP contribution in [0, 0.1) is 17.8 Å². The van der Waals surface area contributed by atoms with E-state index in [9.17, 15) is 9.59 Å². The molecule has 4 fully saturated rings. The third kappa shape index (κ3) is 3.48. The highest BCUT2D eigenvalue weighted by atomic mass is 16.5. The van der Waals surface area contributed by atoms with Crippen LogP contribution in [0.3, 0.4) is 0 Å². The number of carbonyl (C=O) groups is 2. The normalized spacial score (nSPS) is 28.1. The second-order valence-electron chi connectivity index (χ2n) is 9.87. The molecule has 0 unspecified atom stereocenters. The van der Waals surface area contributed by atoms with E-state index in [4.69, 9.17) is 9.15 Å². The molecule has 2 aromatic heterocycles. The number of ether oxygens (including phenoxy) is 1. The third-order valence-electron chi connectivity index (χ3n) is 7.49. The van der Waals surface area contributed by atoms with Gasteiger partial charge in [0, 0.05) is 10.9 Å². The molecule has 3 aromatic rings. The first-order valence-electron chi connectivity index (χ1n) is 11.5. The van der Waals surface area contributed by atoms with Gasteiger partial charge in [0.25, 0.3) is 5.91 Å². The molecule has 0 spiro atoms. The average Bonchev–Trinajstić information content (AvgIpc) is 3.30. The van der Waals surface area contributed by atoms with Gasteiger partial charge < -0.3 is 14.5 Å². The maximum absolute atomic E-state index is 13.0. The second-order valence-corrected chi connectivity index (χ2v) is 9.87. The quantitative estimate of drug-likeness (QED) is 0.592. The molecular formula is C26H26N2O4. The smallest absolute Gasteiger partial charge is 0.339 e. The number of para-hydroxylation sites is 1. The minimum Gasteiger partial charge on any atom is -0.463 e. The van der Waals surface area contributed by atoms with Gasteiger partial charge in [-0.3, -0.25) is 4.79 Å². The number of hydrogen-bond donors (Lipinski definition) is 1. The molecule has 4 saturated carbocycles. The highest BCUT2D eigenvalue weighted by molar-refractivity contribution is 6.05. The summed E-state index contributed by atoms with van der Waals surface area (Å²) in [7, 11) is 0. The zero-order valence-corrected chi connectivity index (χ0v) is 17.9. The van der Waals surface area contributed by atoms with Gasteiger partial charge in [0.05, 0.1) is 17.3 Å². The fourth-order valence-electron chi connectivity index (χ4n) is 6.70. The van der Waals surface area contributed by atoms with Crippen LogP contribution < -0.4 is 5.32 Å². The van der Waals surface area contributed by atoms with E-state index in [0.29, 0.717) is 27.9 Å². The summed E-state index contributed by atoms with van der Waals surface area (Å²) in [4.78, 5) is 30.4. The Morgan fingerprint density at radius 3 is 2.44 bits per heavy atom. The molecule has 164 valence electrons. The molecule has 6 heteroatoms. The molecule has 1 amide bonds. The molecule has 6 nitrogen and oxygen atoms in total. The fraction of sp³-hybridized carbons (Fsp3) is 0.423. The summed E-state index contributed by atoms with van der Waals surface area (Å²) < 4.78 is 10.9. The van der Waals surface area contributed by atoms with Crippen LogP contribution in [-0.4, -0.2) is 29.0 Å². The van der Waals surface area contributed by atoms with E-state index in [2.05, 4.69) is 10.3 Å².